The summed E-state index contributed by atoms with van der Waals surface area (Å²) in [6.45, 7) is 0.640. The number of carbonyl (C=O) groups excluding carboxylic acids is 1. The lowest BCUT2D eigenvalue weighted by atomic mass is 10.2. The van der Waals surface area contributed by atoms with Crippen LogP contribution in [0.25, 0.3) is 5.82 Å². The summed E-state index contributed by atoms with van der Waals surface area (Å²) in [5.41, 5.74) is 10.3. The highest BCUT2D eigenvalue weighted by Crippen LogP contribution is 2.17. The third-order valence-corrected chi connectivity index (χ3v) is 4.72. The number of nitrogens with zero attached hydrogens (tertiary/aromatic N) is 7. The predicted molar refractivity (Wildman–Crippen MR) is 123 cm³/mol. The van der Waals surface area contributed by atoms with Crippen LogP contribution in [0.4, 0.5) is 10.2 Å². The van der Waals surface area contributed by atoms with Crippen LogP contribution in [0.2, 0.25) is 0 Å². The summed E-state index contributed by atoms with van der Waals surface area (Å²) in [5.74, 6) is -0.0516. The third-order valence-electron chi connectivity index (χ3n) is 4.72. The predicted octanol–water partition coefficient (Wildman–Crippen LogP) is 1.78. The van der Waals surface area contributed by atoms with E-state index in [2.05, 4.69) is 35.8 Å². The molecule has 0 aliphatic heterocycles. The Morgan fingerprint density at radius 1 is 1.20 bits per heavy atom. The standard InChI is InChI=1S/C22H22FN9O3/c1-31(2)12-18-19(26-30-32(18)21-20(24)28-35-29-21)22(33)27-25-11-14-5-9-17(10-6-14)34-13-15-3-7-16(23)8-4-15/h3-11H,12-13H2,1-2H3,(H2,24,28)(H,27,33). The van der Waals surface area contributed by atoms with Crippen molar-refractivity contribution in [2.75, 3.05) is 19.8 Å². The summed E-state index contributed by atoms with van der Waals surface area (Å²) in [5, 5.41) is 19.2. The van der Waals surface area contributed by atoms with Crippen LogP contribution >= 0.6 is 0 Å². The molecular formula is C22H22FN9O3. The molecule has 0 saturated carbocycles. The van der Waals surface area contributed by atoms with Crippen molar-refractivity contribution in [2.24, 2.45) is 5.10 Å². The monoisotopic (exact) mass is 479 g/mol. The molecule has 0 aliphatic rings. The van der Waals surface area contributed by atoms with Crippen LogP contribution in [0.1, 0.15) is 27.3 Å². The Kier molecular flexibility index (Phi) is 7.07. The van der Waals surface area contributed by atoms with E-state index in [0.717, 1.165) is 11.1 Å². The number of nitrogen functional groups attached to an aromatic ring is 1. The Hall–Kier alpha value is -4.65. The first-order valence-electron chi connectivity index (χ1n) is 10.4. The Balaban J connectivity index is 1.38. The highest BCUT2D eigenvalue weighted by molar-refractivity contribution is 5.94. The third kappa shape index (κ3) is 5.83. The van der Waals surface area contributed by atoms with E-state index in [4.69, 9.17) is 10.5 Å². The number of aromatic nitrogens is 5. The number of hydrazone groups is 1. The molecule has 0 aliphatic carbocycles. The number of ether oxygens (including phenoxy) is 1. The lowest BCUT2D eigenvalue weighted by molar-refractivity contribution is 0.0948. The fourth-order valence-electron chi connectivity index (χ4n) is 3.04. The van der Waals surface area contributed by atoms with Gasteiger partial charge in [0.2, 0.25) is 11.6 Å². The number of anilines is 1. The Bertz CT molecular complexity index is 1310. The zero-order valence-corrected chi connectivity index (χ0v) is 18.9. The van der Waals surface area contributed by atoms with E-state index in [1.807, 2.05) is 19.0 Å². The molecule has 13 heteroatoms. The van der Waals surface area contributed by atoms with E-state index < -0.39 is 5.91 Å². The number of hydrogen-bond donors (Lipinski definition) is 2. The molecule has 0 atom stereocenters. The molecule has 3 N–H and O–H groups in total. The second-order valence-corrected chi connectivity index (χ2v) is 7.69. The van der Waals surface area contributed by atoms with Crippen LogP contribution in [0, 0.1) is 5.82 Å². The molecule has 12 nitrogen and oxygen atoms in total. The van der Waals surface area contributed by atoms with Gasteiger partial charge in [-0.15, -0.1) is 5.10 Å². The van der Waals surface area contributed by atoms with E-state index in [1.54, 1.807) is 36.4 Å². The van der Waals surface area contributed by atoms with Gasteiger partial charge in [-0.1, -0.05) is 17.3 Å². The van der Waals surface area contributed by atoms with Crippen LogP contribution in [-0.2, 0) is 13.2 Å². The van der Waals surface area contributed by atoms with Crippen molar-refractivity contribution in [1.82, 2.24) is 35.6 Å². The van der Waals surface area contributed by atoms with E-state index in [0.29, 0.717) is 24.6 Å². The van der Waals surface area contributed by atoms with Crippen molar-refractivity contribution in [1.29, 1.82) is 0 Å². The van der Waals surface area contributed by atoms with Crippen molar-refractivity contribution in [3.8, 4) is 11.6 Å². The van der Waals surface area contributed by atoms with Crippen molar-refractivity contribution in [2.45, 2.75) is 13.2 Å². The number of hydrogen-bond acceptors (Lipinski definition) is 10. The fourth-order valence-corrected chi connectivity index (χ4v) is 3.04. The van der Waals surface area contributed by atoms with Gasteiger partial charge in [-0.2, -0.15) is 9.78 Å². The molecule has 0 bridgehead atoms. The summed E-state index contributed by atoms with van der Waals surface area (Å²) in [6, 6.07) is 13.2. The van der Waals surface area contributed by atoms with Crippen molar-refractivity contribution >= 4 is 17.9 Å². The van der Waals surface area contributed by atoms with Gasteiger partial charge in [-0.3, -0.25) is 4.79 Å². The molecule has 180 valence electrons. The van der Waals surface area contributed by atoms with Crippen LogP contribution in [0.15, 0.2) is 58.3 Å². The van der Waals surface area contributed by atoms with Crippen LogP contribution in [-0.4, -0.2) is 56.4 Å². The first-order chi connectivity index (χ1) is 16.9. The largest absolute Gasteiger partial charge is 0.489 e. The summed E-state index contributed by atoms with van der Waals surface area (Å²) < 4.78 is 24.6. The van der Waals surface area contributed by atoms with E-state index in [-0.39, 0.29) is 23.1 Å². The Morgan fingerprint density at radius 3 is 2.60 bits per heavy atom. The SMILES string of the molecule is CN(C)Cc1c(C(=O)NN=Cc2ccc(OCc3ccc(F)cc3)cc2)nnn1-c1nonc1N. The minimum absolute atomic E-state index is 0.0185. The molecule has 0 radical (unpaired) electrons. The highest BCUT2D eigenvalue weighted by Gasteiger charge is 2.24. The quantitative estimate of drug-likeness (QED) is 0.270. The van der Waals surface area contributed by atoms with Gasteiger partial charge in [0.1, 0.15) is 18.2 Å². The average Bonchev–Trinajstić information content (AvgIpc) is 3.44. The normalized spacial score (nSPS) is 11.3. The first kappa shape index (κ1) is 23.5. The summed E-state index contributed by atoms with van der Waals surface area (Å²) in [6.07, 6.45) is 1.48. The number of halogens is 1. The molecular weight excluding hydrogens is 457 g/mol. The lowest BCUT2D eigenvalue weighted by Crippen LogP contribution is -2.23. The maximum Gasteiger partial charge on any atom is 0.293 e. The van der Waals surface area contributed by atoms with Crippen molar-refractivity contribution in [3.05, 3.63) is 76.9 Å². The number of amides is 1. The highest BCUT2D eigenvalue weighted by atomic mass is 19.1. The molecule has 4 aromatic rings. The minimum atomic E-state index is -0.557. The van der Waals surface area contributed by atoms with Gasteiger partial charge in [0, 0.05) is 6.54 Å². The maximum absolute atomic E-state index is 13.0. The van der Waals surface area contributed by atoms with Gasteiger partial charge in [0.05, 0.1) is 11.9 Å². The molecule has 2 aromatic carbocycles. The molecule has 0 fully saturated rings. The van der Waals surface area contributed by atoms with Crippen molar-refractivity contribution in [3.63, 3.8) is 0 Å². The average molecular weight is 479 g/mol. The van der Waals surface area contributed by atoms with Gasteiger partial charge >= 0.3 is 0 Å². The number of nitrogens with one attached hydrogen (secondary N) is 1. The van der Waals surface area contributed by atoms with Gasteiger partial charge in [0.15, 0.2) is 5.69 Å². The van der Waals surface area contributed by atoms with Gasteiger partial charge < -0.3 is 15.4 Å². The topological polar surface area (TPSA) is 150 Å². The molecule has 0 saturated heterocycles. The Labute approximate surface area is 199 Å². The van der Waals surface area contributed by atoms with E-state index in [1.165, 1.54) is 23.0 Å². The van der Waals surface area contributed by atoms with Crippen LogP contribution < -0.4 is 15.9 Å². The second-order valence-electron chi connectivity index (χ2n) is 7.69. The van der Waals surface area contributed by atoms with Crippen LogP contribution in [0.3, 0.4) is 0 Å². The molecule has 4 rings (SSSR count). The van der Waals surface area contributed by atoms with Gasteiger partial charge in [-0.25, -0.2) is 14.4 Å². The number of nitrogens with two attached hydrogens (primary N) is 1. The van der Waals surface area contributed by atoms with Crippen molar-refractivity contribution < 1.29 is 18.6 Å². The second kappa shape index (κ2) is 10.5. The van der Waals surface area contributed by atoms with E-state index >= 15 is 0 Å². The fraction of sp³-hybridized carbons (Fsp3) is 0.182. The molecule has 2 aromatic heterocycles. The molecule has 2 heterocycles. The zero-order valence-electron chi connectivity index (χ0n) is 18.9. The van der Waals surface area contributed by atoms with Crippen LogP contribution in [0.5, 0.6) is 5.75 Å². The summed E-state index contributed by atoms with van der Waals surface area (Å²) in [7, 11) is 3.66. The molecule has 0 unspecified atom stereocenters. The first-order valence-corrected chi connectivity index (χ1v) is 10.4. The molecule has 35 heavy (non-hydrogen) atoms. The number of rotatable bonds is 9. The Morgan fingerprint density at radius 2 is 1.94 bits per heavy atom. The van der Waals surface area contributed by atoms with E-state index in [9.17, 15) is 9.18 Å². The zero-order chi connectivity index (χ0) is 24.8. The number of benzene rings is 2. The summed E-state index contributed by atoms with van der Waals surface area (Å²) >= 11 is 0. The minimum Gasteiger partial charge on any atom is -0.489 e. The smallest absolute Gasteiger partial charge is 0.293 e. The van der Waals surface area contributed by atoms with Gasteiger partial charge in [0.25, 0.3) is 5.91 Å². The maximum atomic E-state index is 13.0. The lowest BCUT2D eigenvalue weighted by Gasteiger charge is -2.11. The summed E-state index contributed by atoms with van der Waals surface area (Å²) in [4.78, 5) is 14.5. The number of carbonyl (C=O) groups is 1. The molecule has 0 spiro atoms. The van der Waals surface area contributed by atoms with Gasteiger partial charge in [-0.05, 0) is 71.9 Å². The molecule has 1 amide bonds.